The van der Waals surface area contributed by atoms with E-state index in [1.807, 2.05) is 74.5 Å². The Balaban J connectivity index is 1.46. The Morgan fingerprint density at radius 3 is 2.58 bits per heavy atom. The number of carbonyl (C=O) groups excluding carboxylic acids is 4. The number of hydrogen-bond acceptors (Lipinski definition) is 7. The Labute approximate surface area is 262 Å². The molecule has 2 saturated heterocycles. The third-order valence-corrected chi connectivity index (χ3v) is 9.41. The highest BCUT2D eigenvalue weighted by Gasteiger charge is 2.73. The molecule has 10 nitrogen and oxygen atoms in total. The molecule has 0 unspecified atom stereocenters. The average molecular weight is 614 g/mol. The maximum absolute atomic E-state index is 14.9. The molecule has 5 bridgehead atoms. The fourth-order valence-electron chi connectivity index (χ4n) is 7.14. The van der Waals surface area contributed by atoms with Gasteiger partial charge in [0.15, 0.2) is 0 Å². The van der Waals surface area contributed by atoms with Crippen molar-refractivity contribution in [2.24, 2.45) is 11.8 Å². The van der Waals surface area contributed by atoms with Gasteiger partial charge in [-0.2, -0.15) is 0 Å². The average Bonchev–Trinajstić information content (AvgIpc) is 3.69. The Kier molecular flexibility index (Phi) is 8.37. The lowest BCUT2D eigenvalue weighted by molar-refractivity contribution is -0.146. The van der Waals surface area contributed by atoms with Crippen LogP contribution >= 0.6 is 0 Å². The zero-order chi connectivity index (χ0) is 31.9. The van der Waals surface area contributed by atoms with E-state index in [0.717, 1.165) is 16.7 Å². The lowest BCUT2D eigenvalue weighted by Gasteiger charge is -2.38. The minimum atomic E-state index is -1.40. The molecule has 1 spiro atoms. The van der Waals surface area contributed by atoms with Crippen LogP contribution in [0.1, 0.15) is 42.5 Å². The van der Waals surface area contributed by atoms with E-state index in [1.165, 1.54) is 4.90 Å². The van der Waals surface area contributed by atoms with Crippen LogP contribution in [-0.2, 0) is 28.7 Å². The maximum atomic E-state index is 14.9. The number of aliphatic hydroxyl groups is 1. The number of nitrogens with one attached hydrogen (secondary N) is 1. The fraction of sp³-hybridized carbons (Fsp3) is 0.429. The quantitative estimate of drug-likeness (QED) is 0.401. The molecule has 0 aliphatic carbocycles. The van der Waals surface area contributed by atoms with Crippen molar-refractivity contribution in [3.63, 3.8) is 0 Å². The number of aryl methyl sites for hydroxylation is 2. The Morgan fingerprint density at radius 1 is 1.04 bits per heavy atom. The second-order valence-corrected chi connectivity index (χ2v) is 12.4. The Morgan fingerprint density at radius 2 is 1.82 bits per heavy atom. The Hall–Kier alpha value is -4.28. The van der Waals surface area contributed by atoms with E-state index in [-0.39, 0.29) is 32.1 Å². The fourth-order valence-corrected chi connectivity index (χ4v) is 7.14. The monoisotopic (exact) mass is 613 g/mol. The van der Waals surface area contributed by atoms with Gasteiger partial charge in [0, 0.05) is 18.7 Å². The van der Waals surface area contributed by atoms with Gasteiger partial charge in [-0.3, -0.25) is 19.2 Å². The molecule has 0 aromatic heterocycles. The van der Waals surface area contributed by atoms with E-state index in [4.69, 9.17) is 9.47 Å². The molecule has 236 valence electrons. The first-order valence-electron chi connectivity index (χ1n) is 15.5. The first-order valence-corrected chi connectivity index (χ1v) is 15.5. The number of fused-ring (bicyclic) bond motifs is 2. The number of aliphatic hydroxyl groups excluding tert-OH is 1. The largest absolute Gasteiger partial charge is 0.463 e. The number of carbonyl (C=O) groups is 4. The molecule has 2 fully saturated rings. The van der Waals surface area contributed by atoms with Crippen LogP contribution < -0.4 is 10.2 Å². The summed E-state index contributed by atoms with van der Waals surface area (Å²) in [6.07, 6.45) is 6.99. The molecule has 4 heterocycles. The van der Waals surface area contributed by atoms with Gasteiger partial charge in [-0.25, -0.2) is 0 Å². The molecule has 4 aliphatic rings. The third-order valence-electron chi connectivity index (χ3n) is 9.41. The normalized spacial score (nSPS) is 31.5. The van der Waals surface area contributed by atoms with Crippen LogP contribution in [-0.4, -0.2) is 77.2 Å². The minimum Gasteiger partial charge on any atom is -0.463 e. The summed E-state index contributed by atoms with van der Waals surface area (Å²) >= 11 is 0. The number of likely N-dealkylation sites (tertiary alicyclic amines) is 1. The number of benzene rings is 2. The summed E-state index contributed by atoms with van der Waals surface area (Å²) in [5.74, 6) is -3.54. The van der Waals surface area contributed by atoms with Crippen molar-refractivity contribution in [3.8, 4) is 0 Å². The first kappa shape index (κ1) is 30.7. The summed E-state index contributed by atoms with van der Waals surface area (Å²) in [7, 11) is 0. The first-order chi connectivity index (χ1) is 21.7. The SMILES string of the molecule is Cc1ccc(C)c(N2C/C=C\CCC(=O)OC[C@H](c3ccccc3)NC(=O)[C@@H]3[C@H]4C(=O)N([C@H](C)CO)[C@H](C2=O)[C@]42C=C[C@H]3O2)c1. The number of hydrogen-bond donors (Lipinski definition) is 2. The van der Waals surface area contributed by atoms with Crippen LogP contribution in [0.3, 0.4) is 0 Å². The lowest BCUT2D eigenvalue weighted by Crippen LogP contribution is -2.58. The topological polar surface area (TPSA) is 125 Å². The van der Waals surface area contributed by atoms with Crippen LogP contribution in [0.2, 0.25) is 0 Å². The van der Waals surface area contributed by atoms with Gasteiger partial charge < -0.3 is 29.7 Å². The van der Waals surface area contributed by atoms with Crippen molar-refractivity contribution in [1.82, 2.24) is 10.2 Å². The van der Waals surface area contributed by atoms with Gasteiger partial charge in [0.25, 0.3) is 5.91 Å². The number of amides is 3. The standard InChI is InChI=1S/C35H39N3O7/c1-21-13-14-22(2)26(18-21)37-17-9-5-8-12-28(40)44-20-25(24-10-6-4-7-11-24)36-32(41)29-27-15-16-35(45-27)30(29)33(42)38(23(3)19-39)31(35)34(37)43/h4-7,9-11,13-16,18,23,25,27,29-31,39H,8,12,17,19-20H2,1-3H3,(H,36,41)/b9-5-/t23-,25-,27-,29+,30+,31-,35+/m1/s1. The second-order valence-electron chi connectivity index (χ2n) is 12.4. The second kappa shape index (κ2) is 12.3. The number of anilines is 1. The van der Waals surface area contributed by atoms with Gasteiger partial charge in [-0.05, 0) is 49.9 Å². The highest BCUT2D eigenvalue weighted by atomic mass is 16.5. The number of rotatable bonds is 4. The van der Waals surface area contributed by atoms with Crippen LogP contribution in [0.15, 0.2) is 72.8 Å². The molecule has 45 heavy (non-hydrogen) atoms. The lowest BCUT2D eigenvalue weighted by atomic mass is 9.74. The number of allylic oxidation sites excluding steroid dienone is 1. The van der Waals surface area contributed by atoms with Crippen LogP contribution in [0, 0.1) is 25.7 Å². The molecular formula is C35H39N3O7. The molecule has 2 N–H and O–H groups in total. The zero-order valence-corrected chi connectivity index (χ0v) is 25.7. The number of esters is 1. The van der Waals surface area contributed by atoms with Crippen molar-refractivity contribution >= 4 is 29.4 Å². The summed E-state index contributed by atoms with van der Waals surface area (Å²) in [4.78, 5) is 59.0. The van der Waals surface area contributed by atoms with Crippen molar-refractivity contribution in [1.29, 1.82) is 0 Å². The van der Waals surface area contributed by atoms with Gasteiger partial charge in [-0.1, -0.05) is 66.8 Å². The molecule has 3 amide bonds. The van der Waals surface area contributed by atoms with E-state index >= 15 is 0 Å². The smallest absolute Gasteiger partial charge is 0.306 e. The molecule has 7 atom stereocenters. The van der Waals surface area contributed by atoms with Crippen LogP contribution in [0.5, 0.6) is 0 Å². The van der Waals surface area contributed by atoms with Gasteiger partial charge in [0.1, 0.15) is 18.2 Å². The van der Waals surface area contributed by atoms with Crippen molar-refractivity contribution < 1.29 is 33.8 Å². The number of nitrogens with zero attached hydrogens (tertiary/aromatic N) is 2. The molecule has 0 radical (unpaired) electrons. The molecule has 0 saturated carbocycles. The third kappa shape index (κ3) is 5.36. The van der Waals surface area contributed by atoms with E-state index < -0.39 is 59.5 Å². The van der Waals surface area contributed by atoms with Crippen molar-refractivity contribution in [2.75, 3.05) is 24.7 Å². The predicted molar refractivity (Wildman–Crippen MR) is 166 cm³/mol. The summed E-state index contributed by atoms with van der Waals surface area (Å²) in [5.41, 5.74) is 1.86. The van der Waals surface area contributed by atoms with Crippen LogP contribution in [0.25, 0.3) is 0 Å². The molecule has 6 rings (SSSR count). The Bertz CT molecular complexity index is 1560. The molecular weight excluding hydrogens is 574 g/mol. The van der Waals surface area contributed by atoms with E-state index in [1.54, 1.807) is 24.0 Å². The van der Waals surface area contributed by atoms with E-state index in [9.17, 15) is 24.3 Å². The van der Waals surface area contributed by atoms with Gasteiger partial charge >= 0.3 is 5.97 Å². The molecule has 2 aromatic rings. The number of ether oxygens (including phenoxy) is 2. The highest BCUT2D eigenvalue weighted by molar-refractivity contribution is 6.06. The summed E-state index contributed by atoms with van der Waals surface area (Å²) in [5, 5.41) is 13.3. The van der Waals surface area contributed by atoms with Crippen LogP contribution in [0.4, 0.5) is 5.69 Å². The van der Waals surface area contributed by atoms with Crippen molar-refractivity contribution in [2.45, 2.75) is 63.4 Å². The zero-order valence-electron chi connectivity index (χ0n) is 25.7. The van der Waals surface area contributed by atoms with Crippen molar-refractivity contribution in [3.05, 3.63) is 89.5 Å². The van der Waals surface area contributed by atoms with E-state index in [0.29, 0.717) is 12.1 Å². The van der Waals surface area contributed by atoms with Gasteiger partial charge in [-0.15, -0.1) is 0 Å². The minimum absolute atomic E-state index is 0.0780. The van der Waals surface area contributed by atoms with E-state index in [2.05, 4.69) is 5.32 Å². The number of cyclic esters (lactones) is 1. The summed E-state index contributed by atoms with van der Waals surface area (Å²) < 4.78 is 12.1. The molecule has 10 heteroatoms. The van der Waals surface area contributed by atoms with Gasteiger partial charge in [0.2, 0.25) is 11.8 Å². The molecule has 4 aliphatic heterocycles. The predicted octanol–water partition coefficient (Wildman–Crippen LogP) is 2.92. The van der Waals surface area contributed by atoms with Gasteiger partial charge in [0.05, 0.1) is 36.6 Å². The molecule has 2 aromatic carbocycles. The summed E-state index contributed by atoms with van der Waals surface area (Å²) in [6.45, 7) is 5.28. The highest BCUT2D eigenvalue weighted by Crippen LogP contribution is 2.56. The summed E-state index contributed by atoms with van der Waals surface area (Å²) in [6, 6.07) is 12.6. The maximum Gasteiger partial charge on any atom is 0.306 e.